The largest absolute Gasteiger partial charge is 0.391 e. The maximum Gasteiger partial charge on any atom is 0.229 e. The monoisotopic (exact) mass is 231 g/mol. The Kier molecular flexibility index (Phi) is 2.26. The van der Waals surface area contributed by atoms with Gasteiger partial charge in [0.2, 0.25) is 5.91 Å². The van der Waals surface area contributed by atoms with Gasteiger partial charge in [-0.05, 0) is 24.1 Å². The van der Waals surface area contributed by atoms with Gasteiger partial charge in [-0.25, -0.2) is 0 Å². The van der Waals surface area contributed by atoms with Crippen LogP contribution in [0.5, 0.6) is 0 Å². The summed E-state index contributed by atoms with van der Waals surface area (Å²) in [6.07, 6.45) is 0.942. The molecule has 1 atom stereocenters. The first kappa shape index (κ1) is 10.5. The van der Waals surface area contributed by atoms with Gasteiger partial charge in [0.1, 0.15) is 0 Å². The highest BCUT2D eigenvalue weighted by molar-refractivity contribution is 6.03. The molecular formula is C13H13NO3. The number of carbonyl (C=O) groups excluding carboxylic acids is 2. The van der Waals surface area contributed by atoms with Gasteiger partial charge in [-0.15, -0.1) is 0 Å². The molecule has 3 rings (SSSR count). The molecule has 1 aromatic carbocycles. The minimum Gasteiger partial charge on any atom is -0.391 e. The van der Waals surface area contributed by atoms with Crippen LogP contribution in [0.4, 0.5) is 5.69 Å². The van der Waals surface area contributed by atoms with Crippen LogP contribution in [0, 0.1) is 0 Å². The molecule has 4 nitrogen and oxygen atoms in total. The fourth-order valence-electron chi connectivity index (χ4n) is 2.53. The fraction of sp³-hybridized carbons (Fsp3) is 0.385. The summed E-state index contributed by atoms with van der Waals surface area (Å²) in [5.41, 5.74) is 2.52. The smallest absolute Gasteiger partial charge is 0.229 e. The number of aliphatic hydroxyl groups is 1. The van der Waals surface area contributed by atoms with Crippen molar-refractivity contribution in [2.75, 3.05) is 11.4 Å². The number of ketones is 1. The molecule has 0 bridgehead atoms. The summed E-state index contributed by atoms with van der Waals surface area (Å²) < 4.78 is 0. The lowest BCUT2D eigenvalue weighted by molar-refractivity contribution is -0.117. The van der Waals surface area contributed by atoms with Gasteiger partial charge in [-0.3, -0.25) is 9.59 Å². The van der Waals surface area contributed by atoms with E-state index in [4.69, 9.17) is 0 Å². The normalized spacial score (nSPS) is 23.4. The lowest BCUT2D eigenvalue weighted by atomic mass is 10.1. The van der Waals surface area contributed by atoms with Crippen LogP contribution in [-0.2, 0) is 11.2 Å². The highest BCUT2D eigenvalue weighted by atomic mass is 16.3. The third kappa shape index (κ3) is 1.65. The van der Waals surface area contributed by atoms with Gasteiger partial charge in [-0.2, -0.15) is 0 Å². The zero-order valence-electron chi connectivity index (χ0n) is 9.35. The maximum atomic E-state index is 11.6. The molecule has 0 saturated carbocycles. The Bertz CT molecular complexity index is 509. The van der Waals surface area contributed by atoms with Crippen molar-refractivity contribution < 1.29 is 14.7 Å². The summed E-state index contributed by atoms with van der Waals surface area (Å²) in [4.78, 5) is 24.8. The molecule has 4 heteroatoms. The first-order chi connectivity index (χ1) is 8.15. The molecule has 0 spiro atoms. The number of nitrogens with zero attached hydrogens (tertiary/aromatic N) is 1. The predicted octanol–water partition coefficient (Wildman–Crippen LogP) is 0.913. The molecule has 1 aliphatic heterocycles. The Balaban J connectivity index is 1.97. The van der Waals surface area contributed by atoms with Crippen molar-refractivity contribution in [3.8, 4) is 0 Å². The van der Waals surface area contributed by atoms with Crippen LogP contribution >= 0.6 is 0 Å². The van der Waals surface area contributed by atoms with Gasteiger partial charge in [-0.1, -0.05) is 6.07 Å². The summed E-state index contributed by atoms with van der Waals surface area (Å²) in [5.74, 6) is 0.0666. The third-order valence-corrected chi connectivity index (χ3v) is 3.43. The lowest BCUT2D eigenvalue weighted by Crippen LogP contribution is -2.25. The van der Waals surface area contributed by atoms with Crippen molar-refractivity contribution in [1.29, 1.82) is 0 Å². The summed E-state index contributed by atoms with van der Waals surface area (Å²) in [6.45, 7) is 0.325. The number of carbonyl (C=O) groups is 2. The van der Waals surface area contributed by atoms with Crippen LogP contribution in [0.15, 0.2) is 18.2 Å². The van der Waals surface area contributed by atoms with E-state index in [0.717, 1.165) is 23.2 Å². The van der Waals surface area contributed by atoms with Crippen molar-refractivity contribution in [3.63, 3.8) is 0 Å². The van der Waals surface area contributed by atoms with E-state index in [2.05, 4.69) is 0 Å². The molecule has 1 unspecified atom stereocenters. The van der Waals surface area contributed by atoms with E-state index in [0.29, 0.717) is 13.0 Å². The second-order valence-corrected chi connectivity index (χ2v) is 4.63. The van der Waals surface area contributed by atoms with Gasteiger partial charge >= 0.3 is 0 Å². The summed E-state index contributed by atoms with van der Waals surface area (Å²) >= 11 is 0. The topological polar surface area (TPSA) is 57.6 Å². The molecule has 1 amide bonds. The van der Waals surface area contributed by atoms with Gasteiger partial charge in [0, 0.05) is 17.7 Å². The molecule has 1 aliphatic carbocycles. The van der Waals surface area contributed by atoms with Gasteiger partial charge in [0.15, 0.2) is 5.78 Å². The molecule has 1 heterocycles. The van der Waals surface area contributed by atoms with Crippen molar-refractivity contribution in [3.05, 3.63) is 29.3 Å². The highest BCUT2D eigenvalue weighted by Gasteiger charge is 2.30. The van der Waals surface area contributed by atoms with Crippen LogP contribution in [0.25, 0.3) is 0 Å². The average molecular weight is 231 g/mol. The molecule has 17 heavy (non-hydrogen) atoms. The molecular weight excluding hydrogens is 218 g/mol. The number of hydrogen-bond donors (Lipinski definition) is 1. The van der Waals surface area contributed by atoms with Crippen LogP contribution < -0.4 is 4.90 Å². The highest BCUT2D eigenvalue weighted by Crippen LogP contribution is 2.29. The van der Waals surface area contributed by atoms with Crippen molar-refractivity contribution in [2.24, 2.45) is 0 Å². The Morgan fingerprint density at radius 3 is 2.76 bits per heavy atom. The van der Waals surface area contributed by atoms with Crippen LogP contribution in [0.1, 0.15) is 28.8 Å². The lowest BCUT2D eigenvalue weighted by Gasteiger charge is -2.16. The molecule has 1 N–H and O–H groups in total. The Morgan fingerprint density at radius 1 is 1.24 bits per heavy atom. The molecule has 88 valence electrons. The van der Waals surface area contributed by atoms with E-state index in [1.165, 1.54) is 0 Å². The molecule has 1 fully saturated rings. The zero-order chi connectivity index (χ0) is 12.0. The number of anilines is 1. The number of amides is 1. The van der Waals surface area contributed by atoms with E-state index in [1.807, 2.05) is 12.1 Å². The molecule has 2 aliphatic rings. The SMILES string of the molecule is O=C1CCc2ccc(N3CC(O)CC3=O)cc21. The van der Waals surface area contributed by atoms with Crippen LogP contribution in [-0.4, -0.2) is 29.4 Å². The quantitative estimate of drug-likeness (QED) is 0.781. The number of aryl methyl sites for hydroxylation is 1. The van der Waals surface area contributed by atoms with Crippen molar-refractivity contribution >= 4 is 17.4 Å². The number of β-amino-alcohol motifs (C(OH)–C–C–N with tert-alkyl or cyclic N) is 1. The first-order valence-electron chi connectivity index (χ1n) is 5.80. The van der Waals surface area contributed by atoms with Crippen molar-refractivity contribution in [1.82, 2.24) is 0 Å². The summed E-state index contributed by atoms with van der Waals surface area (Å²) in [6, 6.07) is 5.54. The molecule has 1 saturated heterocycles. The standard InChI is InChI=1S/C13H13NO3/c15-10-6-13(17)14(7-10)9-3-1-8-2-4-12(16)11(8)5-9/h1,3,5,10,15H,2,4,6-7H2. The minimum atomic E-state index is -0.591. The summed E-state index contributed by atoms with van der Waals surface area (Å²) in [5, 5.41) is 9.45. The molecule has 1 aromatic rings. The number of benzene rings is 1. The van der Waals surface area contributed by atoms with Crippen LogP contribution in [0.3, 0.4) is 0 Å². The molecule has 0 aromatic heterocycles. The fourth-order valence-corrected chi connectivity index (χ4v) is 2.53. The number of hydrogen-bond acceptors (Lipinski definition) is 3. The van der Waals surface area contributed by atoms with Gasteiger partial charge in [0.25, 0.3) is 0 Å². The second kappa shape index (κ2) is 3.67. The number of aliphatic hydroxyl groups excluding tert-OH is 1. The minimum absolute atomic E-state index is 0.0807. The molecule has 0 radical (unpaired) electrons. The van der Waals surface area contributed by atoms with E-state index in [1.54, 1.807) is 11.0 Å². The summed E-state index contributed by atoms with van der Waals surface area (Å²) in [7, 11) is 0. The van der Waals surface area contributed by atoms with Gasteiger partial charge in [0.05, 0.1) is 19.1 Å². The van der Waals surface area contributed by atoms with E-state index < -0.39 is 6.10 Å². The number of fused-ring (bicyclic) bond motifs is 1. The average Bonchev–Trinajstić information content (AvgIpc) is 2.83. The van der Waals surface area contributed by atoms with Crippen molar-refractivity contribution in [2.45, 2.75) is 25.4 Å². The van der Waals surface area contributed by atoms with Crippen LogP contribution in [0.2, 0.25) is 0 Å². The Hall–Kier alpha value is -1.68. The zero-order valence-corrected chi connectivity index (χ0v) is 9.35. The van der Waals surface area contributed by atoms with Gasteiger partial charge < -0.3 is 10.0 Å². The third-order valence-electron chi connectivity index (χ3n) is 3.43. The first-order valence-corrected chi connectivity index (χ1v) is 5.80. The Morgan fingerprint density at radius 2 is 2.06 bits per heavy atom. The van der Waals surface area contributed by atoms with E-state index in [9.17, 15) is 14.7 Å². The number of rotatable bonds is 1. The maximum absolute atomic E-state index is 11.6. The van der Waals surface area contributed by atoms with E-state index >= 15 is 0 Å². The Labute approximate surface area is 98.9 Å². The second-order valence-electron chi connectivity index (χ2n) is 4.63. The van der Waals surface area contributed by atoms with E-state index in [-0.39, 0.29) is 18.1 Å². The predicted molar refractivity (Wildman–Crippen MR) is 62.1 cm³/mol. The number of Topliss-reactive ketones (excluding diaryl/α,β-unsaturated/α-hetero) is 1.